The van der Waals surface area contributed by atoms with Crippen molar-refractivity contribution in [2.45, 2.75) is 30.7 Å². The predicted molar refractivity (Wildman–Crippen MR) is 112 cm³/mol. The Morgan fingerprint density at radius 3 is 1.00 bits per heavy atom. The third-order valence-corrected chi connectivity index (χ3v) is 4.36. The minimum atomic E-state index is -4.90. The zero-order valence-electron chi connectivity index (χ0n) is 18.9. The van der Waals surface area contributed by atoms with E-state index in [9.17, 15) is 57.5 Å². The third-order valence-electron chi connectivity index (χ3n) is 4.36. The minimum absolute atomic E-state index is 0.367. The average molecular weight is 580 g/mol. The maximum absolute atomic E-state index is 12.3. The van der Waals surface area contributed by atoms with Gasteiger partial charge in [0.05, 0.1) is 0 Å². The fraction of sp³-hybridized carbons (Fsp3) is 0.208. The van der Waals surface area contributed by atoms with Gasteiger partial charge in [0, 0.05) is 5.56 Å². The van der Waals surface area contributed by atoms with E-state index in [0.29, 0.717) is 0 Å². The van der Waals surface area contributed by atoms with Crippen LogP contribution in [0.3, 0.4) is 0 Å². The Morgan fingerprint density at radius 1 is 0.513 bits per heavy atom. The minimum Gasteiger partial charge on any atom is -0.379 e. The number of carbonyl (C=O) groups excluding carboxylic acids is 1. The van der Waals surface area contributed by atoms with Crippen molar-refractivity contribution >= 4 is 5.78 Å². The lowest BCUT2D eigenvalue weighted by Crippen LogP contribution is -2.22. The van der Waals surface area contributed by atoms with Gasteiger partial charge in [0.25, 0.3) is 5.78 Å². The molecule has 214 valence electrons. The van der Waals surface area contributed by atoms with Gasteiger partial charge in [-0.05, 0) is 59.7 Å². The van der Waals surface area contributed by atoms with Gasteiger partial charge in [0.15, 0.2) is 12.2 Å². The molecule has 2 N–H and O–H groups in total. The maximum Gasteiger partial charge on any atom is 0.454 e. The highest BCUT2D eigenvalue weighted by molar-refractivity contribution is 6.00. The molecule has 0 saturated heterocycles. The van der Waals surface area contributed by atoms with Crippen LogP contribution in [0.15, 0.2) is 72.8 Å². The van der Waals surface area contributed by atoms with Crippen LogP contribution in [0.4, 0.5) is 52.7 Å². The summed E-state index contributed by atoms with van der Waals surface area (Å²) in [4.78, 5) is 10.5. The van der Waals surface area contributed by atoms with Gasteiger partial charge in [-0.25, -0.2) is 13.2 Å². The zero-order chi connectivity index (χ0) is 30.2. The molecule has 0 bridgehead atoms. The normalized spacial score (nSPS) is 13.3. The standard InChI is InChI=1S/2C8H6F4O.C8H4F4O/c3*9-6-3-1-5(2-4-6)7(13)8(10,11)12/h2*1-4,7,13H;1-4H/t2*7-;/m10./s1. The van der Waals surface area contributed by atoms with Crippen molar-refractivity contribution in [3.63, 3.8) is 0 Å². The van der Waals surface area contributed by atoms with Crippen LogP contribution in [0.2, 0.25) is 0 Å². The van der Waals surface area contributed by atoms with Gasteiger partial charge in [-0.15, -0.1) is 0 Å². The van der Waals surface area contributed by atoms with E-state index < -0.39 is 59.5 Å². The van der Waals surface area contributed by atoms with Crippen molar-refractivity contribution in [2.75, 3.05) is 0 Å². The quantitative estimate of drug-likeness (QED) is 0.251. The Kier molecular flexibility index (Phi) is 11.5. The first-order valence-corrected chi connectivity index (χ1v) is 10.1. The Morgan fingerprint density at radius 2 is 0.769 bits per heavy atom. The first kappa shape index (κ1) is 33.4. The average Bonchev–Trinajstić information content (AvgIpc) is 2.83. The highest BCUT2D eigenvalue weighted by atomic mass is 19.4. The Bertz CT molecular complexity index is 1110. The Balaban J connectivity index is 0.000000292. The van der Waals surface area contributed by atoms with Crippen LogP contribution in [0.5, 0.6) is 0 Å². The summed E-state index contributed by atoms with van der Waals surface area (Å²) in [5.74, 6) is -3.93. The SMILES string of the molecule is O=C(c1ccc(F)cc1)C(F)(F)F.O[C@@H](c1ccc(F)cc1)C(F)(F)F.O[C@H](c1ccc(F)cc1)C(F)(F)F. The molecule has 0 aromatic heterocycles. The number of alkyl halides is 9. The summed E-state index contributed by atoms with van der Waals surface area (Å²) in [5, 5.41) is 17.4. The summed E-state index contributed by atoms with van der Waals surface area (Å²) < 4.78 is 144. The molecule has 0 fully saturated rings. The molecular weight excluding hydrogens is 564 g/mol. The lowest BCUT2D eigenvalue weighted by Gasteiger charge is -2.14. The van der Waals surface area contributed by atoms with Crippen LogP contribution in [-0.4, -0.2) is 34.5 Å². The van der Waals surface area contributed by atoms with Gasteiger partial charge >= 0.3 is 18.5 Å². The second kappa shape index (κ2) is 13.5. The summed E-state index contributed by atoms with van der Waals surface area (Å²) in [6.07, 6.45) is -19.4. The number of Topliss-reactive ketones (excluding diaryl/α,β-unsaturated/α-hetero) is 1. The highest BCUT2D eigenvalue weighted by Gasteiger charge is 2.40. The molecule has 3 aromatic carbocycles. The van der Waals surface area contributed by atoms with Crippen molar-refractivity contribution in [1.29, 1.82) is 0 Å². The van der Waals surface area contributed by atoms with E-state index in [4.69, 9.17) is 10.2 Å². The second-order valence-corrected chi connectivity index (χ2v) is 7.33. The zero-order valence-corrected chi connectivity index (χ0v) is 18.9. The van der Waals surface area contributed by atoms with E-state index in [-0.39, 0.29) is 11.1 Å². The molecule has 0 heterocycles. The van der Waals surface area contributed by atoms with Crippen LogP contribution in [0, 0.1) is 17.5 Å². The van der Waals surface area contributed by atoms with Crippen molar-refractivity contribution in [1.82, 2.24) is 0 Å². The van der Waals surface area contributed by atoms with E-state index >= 15 is 0 Å². The number of ketones is 1. The van der Waals surface area contributed by atoms with Gasteiger partial charge in [-0.2, -0.15) is 39.5 Å². The third kappa shape index (κ3) is 11.4. The Hall–Kier alpha value is -3.59. The molecule has 15 heteroatoms. The summed E-state index contributed by atoms with van der Waals surface area (Å²) >= 11 is 0. The molecule has 39 heavy (non-hydrogen) atoms. The van der Waals surface area contributed by atoms with Crippen molar-refractivity contribution in [3.8, 4) is 0 Å². The lowest BCUT2D eigenvalue weighted by atomic mass is 10.1. The summed E-state index contributed by atoms with van der Waals surface area (Å²) in [6, 6.07) is 10.2. The van der Waals surface area contributed by atoms with Crippen LogP contribution in [0.25, 0.3) is 0 Å². The number of aliphatic hydroxyl groups is 2. The topological polar surface area (TPSA) is 57.5 Å². The van der Waals surface area contributed by atoms with Crippen LogP contribution in [-0.2, 0) is 0 Å². The first-order valence-electron chi connectivity index (χ1n) is 10.1. The van der Waals surface area contributed by atoms with E-state index in [0.717, 1.165) is 72.8 Å². The van der Waals surface area contributed by atoms with E-state index in [1.54, 1.807) is 0 Å². The number of carbonyl (C=O) groups is 1. The molecule has 3 nitrogen and oxygen atoms in total. The predicted octanol–water partition coefficient (Wildman–Crippen LogP) is 7.41. The first-order chi connectivity index (χ1) is 17.7. The molecular formula is C24H16F12O3. The maximum atomic E-state index is 12.3. The fourth-order valence-electron chi connectivity index (χ4n) is 2.43. The van der Waals surface area contributed by atoms with Crippen LogP contribution >= 0.6 is 0 Å². The molecule has 0 aliphatic heterocycles. The lowest BCUT2D eigenvalue weighted by molar-refractivity contribution is -0.207. The number of hydrogen-bond donors (Lipinski definition) is 2. The smallest absolute Gasteiger partial charge is 0.379 e. The molecule has 0 unspecified atom stereocenters. The number of benzene rings is 3. The largest absolute Gasteiger partial charge is 0.454 e. The van der Waals surface area contributed by atoms with Crippen molar-refractivity contribution in [3.05, 3.63) is 107 Å². The molecule has 2 atom stereocenters. The van der Waals surface area contributed by atoms with Gasteiger partial charge in [-0.1, -0.05) is 24.3 Å². The monoisotopic (exact) mass is 580 g/mol. The highest BCUT2D eigenvalue weighted by Crippen LogP contribution is 2.33. The molecule has 0 amide bonds. The molecule has 0 aliphatic carbocycles. The van der Waals surface area contributed by atoms with E-state index in [1.807, 2.05) is 0 Å². The molecule has 0 spiro atoms. The van der Waals surface area contributed by atoms with E-state index in [1.165, 1.54) is 0 Å². The molecule has 3 aromatic rings. The van der Waals surface area contributed by atoms with Gasteiger partial charge in [-0.3, -0.25) is 4.79 Å². The molecule has 3 rings (SSSR count). The van der Waals surface area contributed by atoms with Crippen LogP contribution < -0.4 is 0 Å². The summed E-state index contributed by atoms with van der Waals surface area (Å²) in [7, 11) is 0. The van der Waals surface area contributed by atoms with Gasteiger partial charge < -0.3 is 10.2 Å². The van der Waals surface area contributed by atoms with E-state index in [2.05, 4.69) is 0 Å². The molecule has 0 radical (unpaired) electrons. The van der Waals surface area contributed by atoms with Crippen molar-refractivity contribution in [2.24, 2.45) is 0 Å². The molecule has 0 saturated carbocycles. The Labute approximate surface area is 211 Å². The number of halogens is 12. The molecule has 0 aliphatic rings. The summed E-state index contributed by atoms with van der Waals surface area (Å²) in [6.45, 7) is 0. The number of hydrogen-bond acceptors (Lipinski definition) is 3. The van der Waals surface area contributed by atoms with Gasteiger partial charge in [0.1, 0.15) is 17.5 Å². The van der Waals surface area contributed by atoms with Crippen LogP contribution in [0.1, 0.15) is 33.7 Å². The number of aliphatic hydroxyl groups excluding tert-OH is 2. The van der Waals surface area contributed by atoms with Crippen molar-refractivity contribution < 1.29 is 67.7 Å². The number of rotatable bonds is 3. The summed E-state index contributed by atoms with van der Waals surface area (Å²) in [5.41, 5.74) is -1.29. The second-order valence-electron chi connectivity index (χ2n) is 7.33. The fourth-order valence-corrected chi connectivity index (χ4v) is 2.43. The van der Waals surface area contributed by atoms with Gasteiger partial charge in [0.2, 0.25) is 0 Å².